The molecule has 0 atom stereocenters. The van der Waals surface area contributed by atoms with Crippen molar-refractivity contribution in [1.82, 2.24) is 0 Å². The third-order valence-electron chi connectivity index (χ3n) is 13.3. The van der Waals surface area contributed by atoms with Gasteiger partial charge in [-0.2, -0.15) is 0 Å². The molecular formula is C58H32O. The molecule has 0 aliphatic heterocycles. The van der Waals surface area contributed by atoms with E-state index in [1.165, 1.54) is 114 Å². The third kappa shape index (κ3) is 4.13. The minimum absolute atomic E-state index is 0.907. The molecule has 14 aromatic rings. The van der Waals surface area contributed by atoms with Gasteiger partial charge in [-0.1, -0.05) is 170 Å². The van der Waals surface area contributed by atoms with Crippen LogP contribution in [0.5, 0.6) is 0 Å². The fourth-order valence-electron chi connectivity index (χ4n) is 10.9. The number of hydrogen-bond acceptors (Lipinski definition) is 1. The van der Waals surface area contributed by atoms with Crippen molar-refractivity contribution >= 4 is 119 Å². The molecule has 0 aliphatic rings. The van der Waals surface area contributed by atoms with Crippen LogP contribution in [0.2, 0.25) is 0 Å². The molecule has 0 saturated heterocycles. The normalized spacial score (nSPS) is 12.4. The summed E-state index contributed by atoms with van der Waals surface area (Å²) in [4.78, 5) is 0. The Morgan fingerprint density at radius 1 is 0.254 bits per heavy atom. The summed E-state index contributed by atoms with van der Waals surface area (Å²) in [7, 11) is 0. The summed E-state index contributed by atoms with van der Waals surface area (Å²) in [5.41, 5.74) is 6.75. The molecule has 0 spiro atoms. The molecule has 270 valence electrons. The predicted octanol–water partition coefficient (Wildman–Crippen LogP) is 16.7. The molecule has 1 heterocycles. The summed E-state index contributed by atoms with van der Waals surface area (Å²) in [6.45, 7) is 0. The Hall–Kier alpha value is -7.74. The summed E-state index contributed by atoms with van der Waals surface area (Å²) in [5.74, 6) is 0. The Morgan fingerprint density at radius 3 is 1.34 bits per heavy atom. The molecule has 0 aliphatic carbocycles. The van der Waals surface area contributed by atoms with Crippen molar-refractivity contribution < 1.29 is 4.42 Å². The molecule has 13 aromatic carbocycles. The van der Waals surface area contributed by atoms with Crippen molar-refractivity contribution in [2.75, 3.05) is 0 Å². The second-order valence-corrected chi connectivity index (χ2v) is 16.2. The number of furan rings is 1. The molecule has 0 N–H and O–H groups in total. The molecule has 0 unspecified atom stereocenters. The lowest BCUT2D eigenvalue weighted by Gasteiger charge is -2.20. The Balaban J connectivity index is 1.15. The Labute approximate surface area is 338 Å². The molecule has 0 saturated carbocycles. The van der Waals surface area contributed by atoms with Gasteiger partial charge in [0.1, 0.15) is 11.2 Å². The van der Waals surface area contributed by atoms with Crippen LogP contribution in [0, 0.1) is 0 Å². The summed E-state index contributed by atoms with van der Waals surface area (Å²) in [6, 6.07) is 72.3. The molecule has 1 nitrogen and oxygen atoms in total. The lowest BCUT2D eigenvalue weighted by atomic mass is 9.83. The van der Waals surface area contributed by atoms with E-state index in [1.807, 2.05) is 0 Å². The van der Waals surface area contributed by atoms with E-state index in [9.17, 15) is 0 Å². The molecule has 1 heteroatoms. The van der Waals surface area contributed by atoms with Crippen molar-refractivity contribution in [3.63, 3.8) is 0 Å². The highest BCUT2D eigenvalue weighted by molar-refractivity contribution is 6.38. The smallest absolute Gasteiger partial charge is 0.143 e. The zero-order valence-corrected chi connectivity index (χ0v) is 31.9. The largest absolute Gasteiger partial charge is 0.455 e. The molecule has 14 rings (SSSR count). The van der Waals surface area contributed by atoms with Crippen LogP contribution in [0.3, 0.4) is 0 Å². The van der Waals surface area contributed by atoms with Gasteiger partial charge in [0, 0.05) is 16.2 Å². The maximum Gasteiger partial charge on any atom is 0.143 e. The molecule has 1 aromatic heterocycles. The van der Waals surface area contributed by atoms with Gasteiger partial charge in [0.25, 0.3) is 0 Å². The first-order valence-electron chi connectivity index (χ1n) is 20.5. The minimum atomic E-state index is 0.907. The maximum atomic E-state index is 6.73. The van der Waals surface area contributed by atoms with Gasteiger partial charge in [-0.05, 0) is 138 Å². The Kier molecular flexibility index (Phi) is 6.08. The first-order chi connectivity index (χ1) is 29.3. The molecule has 59 heavy (non-hydrogen) atoms. The Morgan fingerprint density at radius 2 is 0.712 bits per heavy atom. The highest BCUT2D eigenvalue weighted by Gasteiger charge is 2.22. The zero-order valence-electron chi connectivity index (χ0n) is 31.9. The second kappa shape index (κ2) is 11.4. The summed E-state index contributed by atoms with van der Waals surface area (Å²) in [5, 5.41) is 25.1. The quantitative estimate of drug-likeness (QED) is 0.127. The van der Waals surface area contributed by atoms with Gasteiger partial charge in [0.15, 0.2) is 0 Å². The molecule has 0 amide bonds. The van der Waals surface area contributed by atoms with Gasteiger partial charge < -0.3 is 4.42 Å². The molecule has 0 fully saturated rings. The van der Waals surface area contributed by atoms with Gasteiger partial charge >= 0.3 is 0 Å². The first-order valence-corrected chi connectivity index (χ1v) is 20.5. The van der Waals surface area contributed by atoms with Crippen molar-refractivity contribution in [3.05, 3.63) is 194 Å². The van der Waals surface area contributed by atoms with Crippen LogP contribution in [0.1, 0.15) is 0 Å². The van der Waals surface area contributed by atoms with Crippen LogP contribution in [-0.2, 0) is 0 Å². The number of benzene rings is 12. The monoisotopic (exact) mass is 744 g/mol. The molecule has 0 radical (unpaired) electrons. The lowest BCUT2D eigenvalue weighted by Crippen LogP contribution is -1.92. The van der Waals surface area contributed by atoms with Crippen LogP contribution in [0.15, 0.2) is 199 Å². The van der Waals surface area contributed by atoms with Gasteiger partial charge in [-0.15, -0.1) is 0 Å². The fraction of sp³-hybridized carbons (Fsp3) is 0. The first kappa shape index (κ1) is 31.4. The summed E-state index contributed by atoms with van der Waals surface area (Å²) >= 11 is 0. The number of hydrogen-bond donors (Lipinski definition) is 0. The van der Waals surface area contributed by atoms with E-state index in [-0.39, 0.29) is 0 Å². The summed E-state index contributed by atoms with van der Waals surface area (Å²) < 4.78 is 6.73. The SMILES string of the molecule is c1ccc2c(c1)ccc1c2oc2cccc(-c3c4ccccc4c(-c4cc5ccc6cccc7c8cccc9ccc%10cccc(c(c4)c5c67)c%10c98)c4ccccc34)c21. The topological polar surface area (TPSA) is 13.1 Å². The third-order valence-corrected chi connectivity index (χ3v) is 13.3. The Bertz CT molecular complexity index is 4060. The van der Waals surface area contributed by atoms with Gasteiger partial charge in [0.2, 0.25) is 0 Å². The predicted molar refractivity (Wildman–Crippen MR) is 253 cm³/mol. The van der Waals surface area contributed by atoms with E-state index in [0.29, 0.717) is 0 Å². The van der Waals surface area contributed by atoms with Gasteiger partial charge in [-0.3, -0.25) is 0 Å². The van der Waals surface area contributed by atoms with E-state index in [0.717, 1.165) is 27.3 Å². The van der Waals surface area contributed by atoms with E-state index in [4.69, 9.17) is 4.42 Å². The highest BCUT2D eigenvalue weighted by Crippen LogP contribution is 2.50. The van der Waals surface area contributed by atoms with Crippen LogP contribution in [0.25, 0.3) is 141 Å². The van der Waals surface area contributed by atoms with Crippen LogP contribution < -0.4 is 0 Å². The zero-order chi connectivity index (χ0) is 38.3. The van der Waals surface area contributed by atoms with Crippen molar-refractivity contribution in [2.45, 2.75) is 0 Å². The average molecular weight is 745 g/mol. The molecule has 0 bridgehead atoms. The highest BCUT2D eigenvalue weighted by atomic mass is 16.3. The van der Waals surface area contributed by atoms with Crippen LogP contribution >= 0.6 is 0 Å². The average Bonchev–Trinajstić information content (AvgIpc) is 3.69. The van der Waals surface area contributed by atoms with Crippen LogP contribution in [-0.4, -0.2) is 0 Å². The van der Waals surface area contributed by atoms with Gasteiger partial charge in [-0.25, -0.2) is 0 Å². The number of rotatable bonds is 2. The van der Waals surface area contributed by atoms with E-state index in [1.54, 1.807) is 0 Å². The minimum Gasteiger partial charge on any atom is -0.455 e. The standard InChI is InChI=1S/C58H32O/c1-2-15-39-33(11-1)29-30-48-57-47(23-10-24-50(57)59-58(39)48)56-44-18-5-3-16-40(44)51(41-17-4-6-19-45(41)56)38-31-37-28-27-36-13-8-21-43-42-20-7-12-34-25-26-35-14-9-22-46(54(35)52(34)42)49(32-38)55(37)53(36)43/h1-32H. The fourth-order valence-corrected chi connectivity index (χ4v) is 10.9. The summed E-state index contributed by atoms with van der Waals surface area (Å²) in [6.07, 6.45) is 0. The van der Waals surface area contributed by atoms with E-state index in [2.05, 4.69) is 194 Å². The van der Waals surface area contributed by atoms with Gasteiger partial charge in [0.05, 0.1) is 0 Å². The van der Waals surface area contributed by atoms with E-state index < -0.39 is 0 Å². The van der Waals surface area contributed by atoms with E-state index >= 15 is 0 Å². The van der Waals surface area contributed by atoms with Crippen molar-refractivity contribution in [2.24, 2.45) is 0 Å². The second-order valence-electron chi connectivity index (χ2n) is 16.2. The lowest BCUT2D eigenvalue weighted by molar-refractivity contribution is 0.673. The van der Waals surface area contributed by atoms with Crippen LogP contribution in [0.4, 0.5) is 0 Å². The maximum absolute atomic E-state index is 6.73. The van der Waals surface area contributed by atoms with Crippen molar-refractivity contribution in [3.8, 4) is 22.3 Å². The molecular weight excluding hydrogens is 713 g/mol. The number of fused-ring (bicyclic) bond motifs is 9. The van der Waals surface area contributed by atoms with Crippen molar-refractivity contribution in [1.29, 1.82) is 0 Å².